The van der Waals surface area contributed by atoms with E-state index in [0.29, 0.717) is 5.76 Å². The van der Waals surface area contributed by atoms with Gasteiger partial charge in [0.1, 0.15) is 0 Å². The van der Waals surface area contributed by atoms with E-state index in [1.165, 1.54) is 6.39 Å². The summed E-state index contributed by atoms with van der Waals surface area (Å²) in [5.41, 5.74) is 1.08. The maximum atomic E-state index is 12.1. The predicted molar refractivity (Wildman–Crippen MR) is 78.3 cm³/mol. The van der Waals surface area contributed by atoms with E-state index in [9.17, 15) is 4.79 Å². The summed E-state index contributed by atoms with van der Waals surface area (Å²) < 4.78 is 5.22. The minimum atomic E-state index is -0.599. The van der Waals surface area contributed by atoms with Gasteiger partial charge in [-0.15, -0.1) is 0 Å². The quantitative estimate of drug-likeness (QED) is 0.879. The smallest absolute Gasteiger partial charge is 0.244 e. The Morgan fingerprint density at radius 3 is 2.55 bits per heavy atom. The molecule has 1 heterocycles. The Kier molecular flexibility index (Phi) is 4.20. The van der Waals surface area contributed by atoms with Crippen LogP contribution in [0.1, 0.15) is 20.8 Å². The molecule has 0 aliphatic carbocycles. The van der Waals surface area contributed by atoms with E-state index in [2.05, 4.69) is 15.6 Å². The Bertz CT molecular complexity index is 559. The lowest BCUT2D eigenvalue weighted by molar-refractivity contribution is -0.121. The number of nitrogens with one attached hydrogen (secondary N) is 2. The van der Waals surface area contributed by atoms with Crippen LogP contribution < -0.4 is 10.6 Å². The second-order valence-electron chi connectivity index (χ2n) is 5.05. The van der Waals surface area contributed by atoms with E-state index in [1.54, 1.807) is 6.20 Å². The zero-order valence-electron chi connectivity index (χ0n) is 11.9. The van der Waals surface area contributed by atoms with Crippen LogP contribution in [0, 0.1) is 0 Å². The minimum absolute atomic E-state index is 0.0632. The number of likely N-dealkylation sites (N-methyl/N-ethyl adjacent to an activating group) is 1. The molecule has 0 atom stereocenters. The number of nitrogens with zero attached hydrogens (tertiary/aromatic N) is 1. The second-order valence-corrected chi connectivity index (χ2v) is 5.05. The molecule has 0 bridgehead atoms. The molecule has 0 fully saturated rings. The third kappa shape index (κ3) is 3.24. The van der Waals surface area contributed by atoms with Crippen LogP contribution >= 0.6 is 0 Å². The molecule has 1 amide bonds. The molecule has 1 aromatic carbocycles. The van der Waals surface area contributed by atoms with Crippen LogP contribution in [0.15, 0.2) is 41.3 Å². The molecule has 2 rings (SSSR count). The number of oxazole rings is 1. The highest BCUT2D eigenvalue weighted by Gasteiger charge is 2.26. The number of aromatic nitrogens is 1. The standard InChI is InChI=1S/C15H19N3O2/c1-4-17-15(2,3)14(19)18-12-7-5-11(6-8-12)13-9-16-10-20-13/h5-10,17H,4H2,1-3H3,(H,18,19). The Labute approximate surface area is 118 Å². The van der Waals surface area contributed by atoms with Gasteiger partial charge in [-0.3, -0.25) is 4.79 Å². The van der Waals surface area contributed by atoms with Crippen LogP contribution in [-0.4, -0.2) is 23.0 Å². The lowest BCUT2D eigenvalue weighted by atomic mass is 10.0. The first-order valence-corrected chi connectivity index (χ1v) is 6.58. The maximum absolute atomic E-state index is 12.1. The molecule has 1 aromatic heterocycles. The topological polar surface area (TPSA) is 67.2 Å². The largest absolute Gasteiger partial charge is 0.444 e. The first-order chi connectivity index (χ1) is 9.53. The molecule has 0 saturated heterocycles. The van der Waals surface area contributed by atoms with Gasteiger partial charge in [-0.2, -0.15) is 0 Å². The van der Waals surface area contributed by atoms with E-state index < -0.39 is 5.54 Å². The third-order valence-corrected chi connectivity index (χ3v) is 3.05. The molecule has 5 heteroatoms. The van der Waals surface area contributed by atoms with E-state index in [-0.39, 0.29) is 5.91 Å². The highest BCUT2D eigenvalue weighted by molar-refractivity contribution is 5.97. The Balaban J connectivity index is 2.06. The summed E-state index contributed by atoms with van der Waals surface area (Å²) in [6.45, 7) is 6.43. The maximum Gasteiger partial charge on any atom is 0.244 e. The fourth-order valence-electron chi connectivity index (χ4n) is 1.89. The minimum Gasteiger partial charge on any atom is -0.444 e. The summed E-state index contributed by atoms with van der Waals surface area (Å²) in [5.74, 6) is 0.641. The number of carbonyl (C=O) groups excluding carboxylic acids is 1. The SMILES string of the molecule is CCNC(C)(C)C(=O)Nc1ccc(-c2cnco2)cc1. The molecule has 20 heavy (non-hydrogen) atoms. The van der Waals surface area contributed by atoms with Crippen molar-refractivity contribution in [3.63, 3.8) is 0 Å². The second kappa shape index (κ2) is 5.88. The molecule has 0 aliphatic heterocycles. The molecule has 0 radical (unpaired) electrons. The summed E-state index contributed by atoms with van der Waals surface area (Å²) in [7, 11) is 0. The van der Waals surface area contributed by atoms with Crippen LogP contribution in [0.4, 0.5) is 5.69 Å². The number of carbonyl (C=O) groups is 1. The van der Waals surface area contributed by atoms with Crippen molar-refractivity contribution in [3.8, 4) is 11.3 Å². The first kappa shape index (κ1) is 14.3. The number of hydrogen-bond donors (Lipinski definition) is 2. The van der Waals surface area contributed by atoms with Gasteiger partial charge in [0.05, 0.1) is 11.7 Å². The summed E-state index contributed by atoms with van der Waals surface area (Å²) in [6.07, 6.45) is 3.05. The highest BCUT2D eigenvalue weighted by atomic mass is 16.3. The fraction of sp³-hybridized carbons (Fsp3) is 0.333. The normalized spacial score (nSPS) is 11.3. The lowest BCUT2D eigenvalue weighted by Gasteiger charge is -2.24. The molecule has 0 unspecified atom stereocenters. The highest BCUT2D eigenvalue weighted by Crippen LogP contribution is 2.21. The van der Waals surface area contributed by atoms with Gasteiger partial charge < -0.3 is 15.1 Å². The van der Waals surface area contributed by atoms with Gasteiger partial charge in [-0.1, -0.05) is 6.92 Å². The Hall–Kier alpha value is -2.14. The van der Waals surface area contributed by atoms with Crippen molar-refractivity contribution >= 4 is 11.6 Å². The molecule has 2 aromatic rings. The summed E-state index contributed by atoms with van der Waals surface area (Å²) in [4.78, 5) is 16.0. The van der Waals surface area contributed by atoms with E-state index in [0.717, 1.165) is 17.8 Å². The van der Waals surface area contributed by atoms with Gasteiger partial charge in [0.25, 0.3) is 0 Å². The van der Waals surface area contributed by atoms with Crippen LogP contribution in [-0.2, 0) is 4.79 Å². The summed E-state index contributed by atoms with van der Waals surface area (Å²) >= 11 is 0. The molecule has 2 N–H and O–H groups in total. The van der Waals surface area contributed by atoms with E-state index >= 15 is 0 Å². The van der Waals surface area contributed by atoms with E-state index in [4.69, 9.17) is 4.42 Å². The number of hydrogen-bond acceptors (Lipinski definition) is 4. The number of benzene rings is 1. The number of amides is 1. The van der Waals surface area contributed by atoms with Crippen molar-refractivity contribution < 1.29 is 9.21 Å². The van der Waals surface area contributed by atoms with Crippen molar-refractivity contribution in [2.45, 2.75) is 26.3 Å². The van der Waals surface area contributed by atoms with Crippen LogP contribution in [0.25, 0.3) is 11.3 Å². The fourth-order valence-corrected chi connectivity index (χ4v) is 1.89. The van der Waals surface area contributed by atoms with Crippen LogP contribution in [0.2, 0.25) is 0 Å². The third-order valence-electron chi connectivity index (χ3n) is 3.05. The van der Waals surface area contributed by atoms with Crippen LogP contribution in [0.3, 0.4) is 0 Å². The number of rotatable bonds is 5. The van der Waals surface area contributed by atoms with Gasteiger partial charge in [0, 0.05) is 11.3 Å². The molecule has 106 valence electrons. The van der Waals surface area contributed by atoms with Crippen LogP contribution in [0.5, 0.6) is 0 Å². The van der Waals surface area contributed by atoms with Gasteiger partial charge in [-0.25, -0.2) is 4.98 Å². The van der Waals surface area contributed by atoms with Crippen molar-refractivity contribution in [1.29, 1.82) is 0 Å². The molecule has 0 spiro atoms. The van der Waals surface area contributed by atoms with Gasteiger partial charge in [-0.05, 0) is 44.7 Å². The van der Waals surface area contributed by atoms with Gasteiger partial charge >= 0.3 is 0 Å². The summed E-state index contributed by atoms with van der Waals surface area (Å²) in [6, 6.07) is 7.46. The van der Waals surface area contributed by atoms with Gasteiger partial charge in [0.15, 0.2) is 12.2 Å². The Morgan fingerprint density at radius 1 is 1.30 bits per heavy atom. The average molecular weight is 273 g/mol. The van der Waals surface area contributed by atoms with Crippen molar-refractivity contribution in [2.75, 3.05) is 11.9 Å². The average Bonchev–Trinajstić information content (AvgIpc) is 2.93. The predicted octanol–water partition coefficient (Wildman–Crippen LogP) is 2.67. The number of anilines is 1. The first-order valence-electron chi connectivity index (χ1n) is 6.58. The van der Waals surface area contributed by atoms with Crippen molar-refractivity contribution in [3.05, 3.63) is 36.9 Å². The summed E-state index contributed by atoms with van der Waals surface area (Å²) in [5, 5.41) is 6.03. The van der Waals surface area contributed by atoms with Gasteiger partial charge in [0.2, 0.25) is 5.91 Å². The Morgan fingerprint density at radius 2 is 2.00 bits per heavy atom. The zero-order valence-corrected chi connectivity index (χ0v) is 11.9. The molecular weight excluding hydrogens is 254 g/mol. The van der Waals surface area contributed by atoms with Crippen molar-refractivity contribution in [2.24, 2.45) is 0 Å². The van der Waals surface area contributed by atoms with E-state index in [1.807, 2.05) is 45.0 Å². The monoisotopic (exact) mass is 273 g/mol. The zero-order chi connectivity index (χ0) is 14.6. The lowest BCUT2D eigenvalue weighted by Crippen LogP contribution is -2.49. The molecular formula is C15H19N3O2. The van der Waals surface area contributed by atoms with Crippen molar-refractivity contribution in [1.82, 2.24) is 10.3 Å². The molecule has 5 nitrogen and oxygen atoms in total. The molecule has 0 saturated carbocycles. The molecule has 0 aliphatic rings.